The van der Waals surface area contributed by atoms with Crippen molar-refractivity contribution in [3.8, 4) is 77.9 Å². The molecule has 1 aliphatic rings. The van der Waals surface area contributed by atoms with Gasteiger partial charge < -0.3 is 0 Å². The molecule has 9 aromatic rings. The van der Waals surface area contributed by atoms with Crippen molar-refractivity contribution in [2.24, 2.45) is 0 Å². The molecule has 0 aromatic heterocycles. The first-order chi connectivity index (χ1) is 25.6. The van der Waals surface area contributed by atoms with E-state index in [0.29, 0.717) is 0 Å². The zero-order chi connectivity index (χ0) is 34.8. The van der Waals surface area contributed by atoms with Crippen molar-refractivity contribution in [1.29, 1.82) is 0 Å². The van der Waals surface area contributed by atoms with Gasteiger partial charge in [0.15, 0.2) is 0 Å². The molecule has 2 heteroatoms. The molecule has 0 saturated heterocycles. The lowest BCUT2D eigenvalue weighted by Crippen LogP contribution is -1.94. The van der Waals surface area contributed by atoms with Crippen LogP contribution < -0.4 is 0 Å². The van der Waals surface area contributed by atoms with Gasteiger partial charge in [-0.3, -0.25) is 0 Å². The maximum absolute atomic E-state index is 14.4. The van der Waals surface area contributed by atoms with E-state index in [0.717, 1.165) is 82.9 Å². The van der Waals surface area contributed by atoms with E-state index in [2.05, 4.69) is 133 Å². The number of rotatable bonds is 5. The summed E-state index contributed by atoms with van der Waals surface area (Å²) in [6, 6.07) is 61.2. The Morgan fingerprint density at radius 2 is 0.673 bits per heavy atom. The molecule has 0 amide bonds. The highest BCUT2D eigenvalue weighted by molar-refractivity contribution is 6.28. The fraction of sp³-hybridized carbons (Fsp3) is 0. The van der Waals surface area contributed by atoms with Crippen molar-refractivity contribution in [1.82, 2.24) is 0 Å². The summed E-state index contributed by atoms with van der Waals surface area (Å²) in [6.45, 7) is 0. The lowest BCUT2D eigenvalue weighted by molar-refractivity contribution is 0.627. The van der Waals surface area contributed by atoms with Crippen molar-refractivity contribution < 1.29 is 8.78 Å². The van der Waals surface area contributed by atoms with Crippen LogP contribution in [0.5, 0.6) is 0 Å². The van der Waals surface area contributed by atoms with E-state index in [1.807, 2.05) is 24.3 Å². The van der Waals surface area contributed by atoms with Crippen LogP contribution in [0.3, 0.4) is 0 Å². The van der Waals surface area contributed by atoms with Gasteiger partial charge in [-0.2, -0.15) is 0 Å². The molecule has 0 nitrogen and oxygen atoms in total. The van der Waals surface area contributed by atoms with Crippen LogP contribution >= 0.6 is 0 Å². The third kappa shape index (κ3) is 4.80. The van der Waals surface area contributed by atoms with Crippen LogP contribution in [0.2, 0.25) is 0 Å². The number of benzene rings is 9. The van der Waals surface area contributed by atoms with Gasteiger partial charge in [-0.1, -0.05) is 140 Å². The maximum atomic E-state index is 14.4. The highest BCUT2D eigenvalue weighted by Gasteiger charge is 2.31. The van der Waals surface area contributed by atoms with Gasteiger partial charge in [0.05, 0.1) is 0 Å². The second kappa shape index (κ2) is 12.0. The summed E-state index contributed by atoms with van der Waals surface area (Å²) >= 11 is 0. The summed E-state index contributed by atoms with van der Waals surface area (Å²) in [6.07, 6.45) is 0. The predicted molar refractivity (Wildman–Crippen MR) is 213 cm³/mol. The van der Waals surface area contributed by atoms with Crippen molar-refractivity contribution in [3.63, 3.8) is 0 Å². The topological polar surface area (TPSA) is 0 Å². The molecule has 10 rings (SSSR count). The van der Waals surface area contributed by atoms with Crippen LogP contribution in [0.1, 0.15) is 0 Å². The molecule has 0 unspecified atom stereocenters. The number of hydrogen-bond donors (Lipinski definition) is 0. The smallest absolute Gasteiger partial charge is 0.123 e. The average molecular weight is 669 g/mol. The van der Waals surface area contributed by atoms with Crippen LogP contribution in [0, 0.1) is 11.6 Å². The zero-order valence-corrected chi connectivity index (χ0v) is 28.1. The maximum Gasteiger partial charge on any atom is 0.123 e. The largest absolute Gasteiger partial charge is 0.207 e. The van der Waals surface area contributed by atoms with Crippen LogP contribution in [-0.2, 0) is 0 Å². The first kappa shape index (κ1) is 30.2. The zero-order valence-electron chi connectivity index (χ0n) is 28.1. The molecular weight excluding hydrogens is 639 g/mol. The van der Waals surface area contributed by atoms with Crippen molar-refractivity contribution in [2.75, 3.05) is 0 Å². The van der Waals surface area contributed by atoms with Gasteiger partial charge in [0, 0.05) is 0 Å². The van der Waals surface area contributed by atoms with Crippen LogP contribution in [0.4, 0.5) is 8.78 Å². The molecular formula is C50H30F2. The Balaban J connectivity index is 1.30. The van der Waals surface area contributed by atoms with Crippen molar-refractivity contribution >= 4 is 21.5 Å². The first-order valence-corrected chi connectivity index (χ1v) is 17.6. The van der Waals surface area contributed by atoms with Crippen LogP contribution in [-0.4, -0.2) is 0 Å². The monoisotopic (exact) mass is 668 g/mol. The predicted octanol–water partition coefficient (Wildman–Crippen LogP) is 14.3. The molecule has 1 aliphatic carbocycles. The number of halogens is 2. The highest BCUT2D eigenvalue weighted by atomic mass is 19.1. The second-order valence-corrected chi connectivity index (χ2v) is 13.5. The molecule has 0 spiro atoms. The Labute approximate surface area is 300 Å². The summed E-state index contributed by atoms with van der Waals surface area (Å²) in [4.78, 5) is 0. The van der Waals surface area contributed by atoms with Gasteiger partial charge in [-0.15, -0.1) is 0 Å². The van der Waals surface area contributed by atoms with E-state index < -0.39 is 0 Å². The summed E-state index contributed by atoms with van der Waals surface area (Å²) in [7, 11) is 0. The lowest BCUT2D eigenvalue weighted by atomic mass is 9.82. The molecule has 0 atom stereocenters. The quantitative estimate of drug-likeness (QED) is 0.171. The molecule has 0 radical (unpaired) electrons. The Morgan fingerprint density at radius 1 is 0.250 bits per heavy atom. The van der Waals surface area contributed by atoms with E-state index in [-0.39, 0.29) is 11.6 Å². The standard InChI is InChI=1S/C50H30F2/c51-38-22-18-33(19-23-38)46-42-14-7-8-15-43(42)47(34-20-24-39(52)25-21-34)50-45-27-26-40(41-16-9-17-44(48(41)45)49(46)50)37-29-35(31-10-3-1-4-11-31)28-36(30-37)32-12-5-2-6-13-32/h1-30H. The third-order valence-corrected chi connectivity index (χ3v) is 10.5. The van der Waals surface area contributed by atoms with Crippen molar-refractivity contribution in [2.45, 2.75) is 0 Å². The Morgan fingerprint density at radius 3 is 1.19 bits per heavy atom. The molecule has 0 heterocycles. The molecule has 9 aromatic carbocycles. The summed E-state index contributed by atoms with van der Waals surface area (Å²) in [5, 5.41) is 4.48. The SMILES string of the molecule is Fc1ccc(-c2c3c(c(-c4ccc(F)cc4)c4ccccc24)-c2ccc(-c4cc(-c5ccccc5)cc(-c5ccccc5)c4)c4cccc-3c24)cc1. The first-order valence-electron chi connectivity index (χ1n) is 17.6. The molecule has 0 fully saturated rings. The third-order valence-electron chi connectivity index (χ3n) is 10.5. The summed E-state index contributed by atoms with van der Waals surface area (Å²) in [5.41, 5.74) is 15.5. The molecule has 0 bridgehead atoms. The van der Waals surface area contributed by atoms with E-state index in [1.165, 1.54) is 40.8 Å². The van der Waals surface area contributed by atoms with Gasteiger partial charge in [0.25, 0.3) is 0 Å². The molecule has 52 heavy (non-hydrogen) atoms. The molecule has 0 saturated carbocycles. The average Bonchev–Trinajstić information content (AvgIpc) is 3.53. The minimum atomic E-state index is -0.268. The van der Waals surface area contributed by atoms with E-state index >= 15 is 0 Å². The van der Waals surface area contributed by atoms with E-state index in [9.17, 15) is 8.78 Å². The van der Waals surface area contributed by atoms with Crippen molar-refractivity contribution in [3.05, 3.63) is 194 Å². The van der Waals surface area contributed by atoms with Crippen LogP contribution in [0.15, 0.2) is 182 Å². The summed E-state index contributed by atoms with van der Waals surface area (Å²) < 4.78 is 28.7. The lowest BCUT2D eigenvalue weighted by Gasteiger charge is -2.20. The van der Waals surface area contributed by atoms with Gasteiger partial charge >= 0.3 is 0 Å². The Kier molecular flexibility index (Phi) is 6.97. The van der Waals surface area contributed by atoms with Gasteiger partial charge in [-0.25, -0.2) is 8.78 Å². The number of fused-ring (bicyclic) bond motifs is 4. The number of hydrogen-bond acceptors (Lipinski definition) is 0. The minimum Gasteiger partial charge on any atom is -0.207 e. The summed E-state index contributed by atoms with van der Waals surface area (Å²) in [5.74, 6) is -0.537. The van der Waals surface area contributed by atoms with Gasteiger partial charge in [0.1, 0.15) is 11.6 Å². The van der Waals surface area contributed by atoms with Gasteiger partial charge in [-0.05, 0) is 142 Å². The Hall–Kier alpha value is -6.64. The molecule has 244 valence electrons. The minimum absolute atomic E-state index is 0.268. The fourth-order valence-corrected chi connectivity index (χ4v) is 8.26. The fourth-order valence-electron chi connectivity index (χ4n) is 8.26. The van der Waals surface area contributed by atoms with Gasteiger partial charge in [0.2, 0.25) is 0 Å². The van der Waals surface area contributed by atoms with E-state index in [4.69, 9.17) is 0 Å². The normalized spacial score (nSPS) is 11.7. The van der Waals surface area contributed by atoms with E-state index in [1.54, 1.807) is 0 Å². The Bertz CT molecular complexity index is 2660. The van der Waals surface area contributed by atoms with Crippen LogP contribution in [0.25, 0.3) is 99.4 Å². The highest BCUT2D eigenvalue weighted by Crippen LogP contribution is 2.58. The second-order valence-electron chi connectivity index (χ2n) is 13.5. The molecule has 0 aliphatic heterocycles. The molecule has 0 N–H and O–H groups in total.